The van der Waals surface area contributed by atoms with Gasteiger partial charge in [-0.3, -0.25) is 0 Å². The van der Waals surface area contributed by atoms with Gasteiger partial charge >= 0.3 is 6.18 Å². The highest BCUT2D eigenvalue weighted by atomic mass is 19.4. The van der Waals surface area contributed by atoms with Crippen LogP contribution in [0, 0.1) is 0 Å². The van der Waals surface area contributed by atoms with Crippen LogP contribution in [0.1, 0.15) is 5.56 Å². The zero-order valence-corrected chi connectivity index (χ0v) is 7.96. The first-order chi connectivity index (χ1) is 7.09. The predicted octanol–water partition coefficient (Wildman–Crippen LogP) is 3.08. The Morgan fingerprint density at radius 2 is 1.60 bits per heavy atom. The predicted molar refractivity (Wildman–Crippen MR) is 52.8 cm³/mol. The summed E-state index contributed by atoms with van der Waals surface area (Å²) in [6.45, 7) is 1.10. The van der Waals surface area contributed by atoms with Gasteiger partial charge in [0.05, 0.1) is 5.56 Å². The Hall–Kier alpha value is -1.45. The molecule has 0 unspecified atom stereocenters. The second-order valence-electron chi connectivity index (χ2n) is 3.39. The highest BCUT2D eigenvalue weighted by Crippen LogP contribution is 2.36. The molecule has 0 spiro atoms. The molecule has 4 heteroatoms. The first kappa shape index (κ1) is 10.1. The van der Waals surface area contributed by atoms with E-state index in [0.717, 1.165) is 6.07 Å². The number of halogens is 3. The number of benzene rings is 1. The van der Waals surface area contributed by atoms with Crippen molar-refractivity contribution in [3.8, 4) is 0 Å². The van der Waals surface area contributed by atoms with E-state index in [4.69, 9.17) is 0 Å². The van der Waals surface area contributed by atoms with Crippen LogP contribution in [0.3, 0.4) is 0 Å². The van der Waals surface area contributed by atoms with E-state index in [1.807, 2.05) is 12.2 Å². The molecule has 0 aliphatic carbocycles. The van der Waals surface area contributed by atoms with Crippen molar-refractivity contribution in [3.05, 3.63) is 42.0 Å². The average Bonchev–Trinajstić information content (AvgIpc) is 2.69. The van der Waals surface area contributed by atoms with Crippen molar-refractivity contribution in [2.24, 2.45) is 0 Å². The molecule has 2 rings (SSSR count). The standard InChI is InChI=1S/C11H10F3N/c12-11(13,14)9-5-1-2-6-10(9)15-7-3-4-8-15/h1-6H,7-8H2. The number of rotatable bonds is 1. The average molecular weight is 213 g/mol. The summed E-state index contributed by atoms with van der Waals surface area (Å²) in [5.74, 6) is 0. The summed E-state index contributed by atoms with van der Waals surface area (Å²) in [7, 11) is 0. The molecule has 1 aliphatic rings. The number of nitrogens with zero attached hydrogens (tertiary/aromatic N) is 1. The van der Waals surface area contributed by atoms with Crippen LogP contribution >= 0.6 is 0 Å². The summed E-state index contributed by atoms with van der Waals surface area (Å²) in [6.07, 6.45) is -0.542. The largest absolute Gasteiger partial charge is 0.418 e. The van der Waals surface area contributed by atoms with Crippen molar-refractivity contribution in [2.45, 2.75) is 6.18 Å². The maximum absolute atomic E-state index is 12.7. The molecule has 80 valence electrons. The van der Waals surface area contributed by atoms with Crippen molar-refractivity contribution in [1.29, 1.82) is 0 Å². The van der Waals surface area contributed by atoms with E-state index in [1.165, 1.54) is 12.1 Å². The lowest BCUT2D eigenvalue weighted by Gasteiger charge is -2.22. The van der Waals surface area contributed by atoms with Crippen LogP contribution in [0.2, 0.25) is 0 Å². The SMILES string of the molecule is FC(F)(F)c1ccccc1N1CC=CC1. The number of hydrogen-bond donors (Lipinski definition) is 0. The van der Waals surface area contributed by atoms with Gasteiger partial charge in [0.25, 0.3) is 0 Å². The van der Waals surface area contributed by atoms with E-state index in [9.17, 15) is 13.2 Å². The van der Waals surface area contributed by atoms with Crippen LogP contribution in [0.4, 0.5) is 18.9 Å². The zero-order valence-electron chi connectivity index (χ0n) is 7.96. The van der Waals surface area contributed by atoms with Gasteiger partial charge in [-0.25, -0.2) is 0 Å². The highest BCUT2D eigenvalue weighted by molar-refractivity contribution is 5.56. The van der Waals surface area contributed by atoms with Gasteiger partial charge in [0.2, 0.25) is 0 Å². The third-order valence-electron chi connectivity index (χ3n) is 2.37. The normalized spacial score (nSPS) is 16.1. The molecular weight excluding hydrogens is 203 g/mol. The van der Waals surface area contributed by atoms with Crippen LogP contribution in [-0.4, -0.2) is 13.1 Å². The molecule has 0 atom stereocenters. The van der Waals surface area contributed by atoms with Gasteiger partial charge in [-0.2, -0.15) is 13.2 Å². The van der Waals surface area contributed by atoms with Crippen molar-refractivity contribution < 1.29 is 13.2 Å². The molecule has 1 heterocycles. The molecular formula is C11H10F3N. The van der Waals surface area contributed by atoms with Crippen molar-refractivity contribution in [2.75, 3.05) is 18.0 Å². The zero-order chi connectivity index (χ0) is 10.9. The molecule has 0 bridgehead atoms. The number of alkyl halides is 3. The molecule has 0 N–H and O–H groups in total. The lowest BCUT2D eigenvalue weighted by Crippen LogP contribution is -2.22. The topological polar surface area (TPSA) is 3.24 Å². The van der Waals surface area contributed by atoms with Crippen LogP contribution in [0.5, 0.6) is 0 Å². The van der Waals surface area contributed by atoms with Crippen molar-refractivity contribution in [3.63, 3.8) is 0 Å². The fourth-order valence-electron chi connectivity index (χ4n) is 1.66. The van der Waals surface area contributed by atoms with E-state index in [1.54, 1.807) is 11.0 Å². The van der Waals surface area contributed by atoms with Crippen molar-refractivity contribution in [1.82, 2.24) is 0 Å². The van der Waals surface area contributed by atoms with E-state index in [0.29, 0.717) is 13.1 Å². The van der Waals surface area contributed by atoms with E-state index in [-0.39, 0.29) is 5.69 Å². The minimum atomic E-state index is -4.28. The molecule has 0 saturated heterocycles. The maximum Gasteiger partial charge on any atom is 0.418 e. The van der Waals surface area contributed by atoms with E-state index < -0.39 is 11.7 Å². The molecule has 0 aromatic heterocycles. The lowest BCUT2D eigenvalue weighted by atomic mass is 10.1. The molecule has 1 aromatic rings. The van der Waals surface area contributed by atoms with Gasteiger partial charge in [0.1, 0.15) is 0 Å². The molecule has 1 aliphatic heterocycles. The first-order valence-electron chi connectivity index (χ1n) is 4.65. The fraction of sp³-hybridized carbons (Fsp3) is 0.273. The second-order valence-corrected chi connectivity index (χ2v) is 3.39. The van der Waals surface area contributed by atoms with Crippen LogP contribution in [0.15, 0.2) is 36.4 Å². The quantitative estimate of drug-likeness (QED) is 0.648. The van der Waals surface area contributed by atoms with Gasteiger partial charge in [-0.15, -0.1) is 0 Å². The molecule has 1 nitrogen and oxygen atoms in total. The summed E-state index contributed by atoms with van der Waals surface area (Å²) in [5, 5.41) is 0. The Kier molecular flexibility index (Phi) is 2.42. The molecule has 0 radical (unpaired) electrons. The summed E-state index contributed by atoms with van der Waals surface area (Å²) in [4.78, 5) is 1.70. The smallest absolute Gasteiger partial charge is 0.364 e. The third kappa shape index (κ3) is 1.98. The summed E-state index contributed by atoms with van der Waals surface area (Å²) >= 11 is 0. The monoisotopic (exact) mass is 213 g/mol. The van der Waals surface area contributed by atoms with Crippen LogP contribution in [0.25, 0.3) is 0 Å². The Balaban J connectivity index is 2.38. The molecule has 1 aromatic carbocycles. The van der Waals surface area contributed by atoms with Gasteiger partial charge in [-0.1, -0.05) is 24.3 Å². The number of hydrogen-bond acceptors (Lipinski definition) is 1. The Morgan fingerprint density at radius 1 is 1.00 bits per heavy atom. The number of para-hydroxylation sites is 1. The van der Waals surface area contributed by atoms with E-state index in [2.05, 4.69) is 0 Å². The highest BCUT2D eigenvalue weighted by Gasteiger charge is 2.34. The van der Waals surface area contributed by atoms with Crippen LogP contribution in [-0.2, 0) is 6.18 Å². The minimum Gasteiger partial charge on any atom is -0.364 e. The Morgan fingerprint density at radius 3 is 2.20 bits per heavy atom. The fourth-order valence-corrected chi connectivity index (χ4v) is 1.66. The minimum absolute atomic E-state index is 0.259. The Labute approximate surface area is 85.8 Å². The number of anilines is 1. The van der Waals surface area contributed by atoms with E-state index >= 15 is 0 Å². The van der Waals surface area contributed by atoms with Gasteiger partial charge in [0, 0.05) is 18.8 Å². The molecule has 0 amide bonds. The molecule has 15 heavy (non-hydrogen) atoms. The van der Waals surface area contributed by atoms with Crippen LogP contribution < -0.4 is 4.90 Å². The summed E-state index contributed by atoms with van der Waals surface area (Å²) < 4.78 is 38.0. The van der Waals surface area contributed by atoms with Crippen molar-refractivity contribution >= 4 is 5.69 Å². The summed E-state index contributed by atoms with van der Waals surface area (Å²) in [5.41, 5.74) is -0.302. The Bertz CT molecular complexity index is 374. The third-order valence-corrected chi connectivity index (χ3v) is 2.37. The van der Waals surface area contributed by atoms with Gasteiger partial charge in [0.15, 0.2) is 0 Å². The van der Waals surface area contributed by atoms with Gasteiger partial charge in [-0.05, 0) is 12.1 Å². The maximum atomic E-state index is 12.7. The molecule has 0 saturated carbocycles. The molecule has 0 fully saturated rings. The lowest BCUT2D eigenvalue weighted by molar-refractivity contribution is -0.137. The summed E-state index contributed by atoms with van der Waals surface area (Å²) in [6, 6.07) is 5.67. The second kappa shape index (κ2) is 3.61. The first-order valence-corrected chi connectivity index (χ1v) is 4.65. The van der Waals surface area contributed by atoms with Gasteiger partial charge < -0.3 is 4.90 Å².